The van der Waals surface area contributed by atoms with Gasteiger partial charge in [-0.1, -0.05) is 6.92 Å². The SMILES string of the molecule is CCCNc1ccc2nc(-c3ccc4nc(-c5ccc(OC)cc5)[nH]c4c3)[nH]c2c1. The molecule has 2 heterocycles. The predicted molar refractivity (Wildman–Crippen MR) is 122 cm³/mol. The Labute approximate surface area is 174 Å². The number of hydrogen-bond acceptors (Lipinski definition) is 4. The standard InChI is InChI=1S/C24H23N5O/c1-3-12-25-17-7-11-20-22(14-17)29-24(27-20)16-6-10-19-21(13-16)28-23(26-19)15-4-8-18(30-2)9-5-15/h4-11,13-14,25H,3,12H2,1-2H3,(H,26,28)(H,27,29). The van der Waals surface area contributed by atoms with E-state index in [0.717, 1.165) is 69.2 Å². The van der Waals surface area contributed by atoms with Crippen molar-refractivity contribution in [1.82, 2.24) is 19.9 Å². The van der Waals surface area contributed by atoms with Gasteiger partial charge in [-0.25, -0.2) is 9.97 Å². The molecule has 0 unspecified atom stereocenters. The number of anilines is 1. The molecule has 0 spiro atoms. The highest BCUT2D eigenvalue weighted by Crippen LogP contribution is 2.27. The molecule has 5 rings (SSSR count). The van der Waals surface area contributed by atoms with Crippen molar-refractivity contribution in [2.45, 2.75) is 13.3 Å². The Morgan fingerprint density at radius 3 is 2.13 bits per heavy atom. The van der Waals surface area contributed by atoms with Gasteiger partial charge in [0.15, 0.2) is 0 Å². The van der Waals surface area contributed by atoms with Crippen LogP contribution in [0.25, 0.3) is 44.8 Å². The fourth-order valence-corrected chi connectivity index (χ4v) is 3.57. The molecule has 0 bridgehead atoms. The van der Waals surface area contributed by atoms with E-state index in [4.69, 9.17) is 14.7 Å². The number of nitrogens with one attached hydrogen (secondary N) is 3. The zero-order valence-electron chi connectivity index (χ0n) is 17.0. The second-order valence-electron chi connectivity index (χ2n) is 7.29. The van der Waals surface area contributed by atoms with Gasteiger partial charge in [0.05, 0.1) is 29.2 Å². The molecule has 6 heteroatoms. The number of methoxy groups -OCH3 is 1. The van der Waals surface area contributed by atoms with Gasteiger partial charge in [-0.2, -0.15) is 0 Å². The summed E-state index contributed by atoms with van der Waals surface area (Å²) in [6, 6.07) is 20.3. The highest BCUT2D eigenvalue weighted by atomic mass is 16.5. The largest absolute Gasteiger partial charge is 0.497 e. The van der Waals surface area contributed by atoms with Gasteiger partial charge in [-0.05, 0) is 67.1 Å². The minimum atomic E-state index is 0.829. The Balaban J connectivity index is 1.48. The van der Waals surface area contributed by atoms with Crippen LogP contribution in [0.2, 0.25) is 0 Å². The molecule has 6 nitrogen and oxygen atoms in total. The topological polar surface area (TPSA) is 78.6 Å². The Bertz CT molecular complexity index is 1320. The second-order valence-corrected chi connectivity index (χ2v) is 7.29. The van der Waals surface area contributed by atoms with Crippen molar-refractivity contribution in [2.24, 2.45) is 0 Å². The number of aromatic nitrogens is 4. The van der Waals surface area contributed by atoms with E-state index in [0.29, 0.717) is 0 Å². The van der Waals surface area contributed by atoms with Crippen LogP contribution in [0.4, 0.5) is 5.69 Å². The van der Waals surface area contributed by atoms with Crippen LogP contribution in [-0.2, 0) is 0 Å². The van der Waals surface area contributed by atoms with E-state index in [1.54, 1.807) is 7.11 Å². The van der Waals surface area contributed by atoms with Crippen molar-refractivity contribution in [3.8, 4) is 28.5 Å². The molecule has 2 aromatic heterocycles. The third kappa shape index (κ3) is 3.37. The van der Waals surface area contributed by atoms with Gasteiger partial charge in [0.25, 0.3) is 0 Å². The smallest absolute Gasteiger partial charge is 0.138 e. The van der Waals surface area contributed by atoms with E-state index < -0.39 is 0 Å². The number of imidazole rings is 2. The lowest BCUT2D eigenvalue weighted by atomic mass is 10.2. The Hall–Kier alpha value is -3.80. The molecule has 30 heavy (non-hydrogen) atoms. The first-order chi connectivity index (χ1) is 14.7. The van der Waals surface area contributed by atoms with E-state index in [9.17, 15) is 0 Å². The molecule has 0 fully saturated rings. The summed E-state index contributed by atoms with van der Waals surface area (Å²) in [6.45, 7) is 3.12. The van der Waals surface area contributed by atoms with E-state index >= 15 is 0 Å². The van der Waals surface area contributed by atoms with E-state index in [-0.39, 0.29) is 0 Å². The van der Waals surface area contributed by atoms with Gasteiger partial charge in [0.1, 0.15) is 17.4 Å². The zero-order chi connectivity index (χ0) is 20.5. The summed E-state index contributed by atoms with van der Waals surface area (Å²) in [5.74, 6) is 2.51. The molecule has 0 saturated heterocycles. The molecule has 0 atom stereocenters. The molecular weight excluding hydrogens is 374 g/mol. The molecule has 3 aromatic carbocycles. The predicted octanol–water partition coefficient (Wildman–Crippen LogP) is 5.60. The molecule has 0 aliphatic rings. The minimum absolute atomic E-state index is 0.829. The van der Waals surface area contributed by atoms with E-state index in [2.05, 4.69) is 46.5 Å². The number of fused-ring (bicyclic) bond motifs is 2. The molecule has 0 saturated carbocycles. The maximum atomic E-state index is 5.24. The van der Waals surface area contributed by atoms with Crippen molar-refractivity contribution < 1.29 is 4.74 Å². The van der Waals surface area contributed by atoms with Crippen molar-refractivity contribution in [3.63, 3.8) is 0 Å². The summed E-state index contributed by atoms with van der Waals surface area (Å²) in [7, 11) is 1.66. The summed E-state index contributed by atoms with van der Waals surface area (Å²) in [4.78, 5) is 16.4. The average Bonchev–Trinajstić information content (AvgIpc) is 3.41. The Kier molecular flexibility index (Phi) is 4.59. The number of hydrogen-bond donors (Lipinski definition) is 3. The minimum Gasteiger partial charge on any atom is -0.497 e. The third-order valence-corrected chi connectivity index (χ3v) is 5.18. The Morgan fingerprint density at radius 1 is 0.800 bits per heavy atom. The van der Waals surface area contributed by atoms with Crippen LogP contribution < -0.4 is 10.1 Å². The quantitative estimate of drug-likeness (QED) is 0.348. The van der Waals surface area contributed by atoms with Crippen molar-refractivity contribution in [1.29, 1.82) is 0 Å². The molecular formula is C24H23N5O. The summed E-state index contributed by atoms with van der Waals surface area (Å²) >= 11 is 0. The van der Waals surface area contributed by atoms with Crippen LogP contribution in [0, 0.1) is 0 Å². The van der Waals surface area contributed by atoms with E-state index in [1.807, 2.05) is 36.4 Å². The summed E-state index contributed by atoms with van der Waals surface area (Å²) in [6.07, 6.45) is 1.09. The van der Waals surface area contributed by atoms with Crippen LogP contribution in [0.5, 0.6) is 5.75 Å². The van der Waals surface area contributed by atoms with Crippen LogP contribution >= 0.6 is 0 Å². The molecule has 0 aliphatic heterocycles. The molecule has 3 N–H and O–H groups in total. The first kappa shape index (κ1) is 18.2. The first-order valence-corrected chi connectivity index (χ1v) is 10.1. The normalized spacial score (nSPS) is 11.3. The fraction of sp³-hybridized carbons (Fsp3) is 0.167. The van der Waals surface area contributed by atoms with Gasteiger partial charge in [0.2, 0.25) is 0 Å². The first-order valence-electron chi connectivity index (χ1n) is 10.1. The second kappa shape index (κ2) is 7.55. The van der Waals surface area contributed by atoms with Gasteiger partial charge in [0, 0.05) is 23.4 Å². The number of ether oxygens (including phenoxy) is 1. The summed E-state index contributed by atoms with van der Waals surface area (Å²) in [5, 5.41) is 3.42. The Morgan fingerprint density at radius 2 is 1.43 bits per heavy atom. The number of rotatable bonds is 6. The number of benzene rings is 3. The van der Waals surface area contributed by atoms with Gasteiger partial charge in [-0.15, -0.1) is 0 Å². The van der Waals surface area contributed by atoms with Crippen LogP contribution in [0.3, 0.4) is 0 Å². The maximum Gasteiger partial charge on any atom is 0.138 e. The van der Waals surface area contributed by atoms with Gasteiger partial charge in [-0.3, -0.25) is 0 Å². The summed E-state index contributed by atoms with van der Waals surface area (Å²) in [5.41, 5.74) is 7.02. The van der Waals surface area contributed by atoms with Gasteiger partial charge >= 0.3 is 0 Å². The lowest BCUT2D eigenvalue weighted by molar-refractivity contribution is 0.415. The fourth-order valence-electron chi connectivity index (χ4n) is 3.57. The molecule has 0 amide bonds. The van der Waals surface area contributed by atoms with Crippen LogP contribution in [0.1, 0.15) is 13.3 Å². The third-order valence-electron chi connectivity index (χ3n) is 5.18. The molecule has 0 radical (unpaired) electrons. The molecule has 0 aliphatic carbocycles. The maximum absolute atomic E-state index is 5.24. The number of H-pyrrole nitrogens is 2. The number of aromatic amines is 2. The molecule has 5 aromatic rings. The van der Waals surface area contributed by atoms with Crippen molar-refractivity contribution >= 4 is 27.8 Å². The average molecular weight is 397 g/mol. The van der Waals surface area contributed by atoms with Crippen LogP contribution in [-0.4, -0.2) is 33.6 Å². The lowest BCUT2D eigenvalue weighted by Gasteiger charge is -2.03. The lowest BCUT2D eigenvalue weighted by Crippen LogP contribution is -1.98. The van der Waals surface area contributed by atoms with Gasteiger partial charge < -0.3 is 20.0 Å². The molecule has 150 valence electrons. The van der Waals surface area contributed by atoms with Crippen molar-refractivity contribution in [3.05, 3.63) is 60.7 Å². The van der Waals surface area contributed by atoms with Crippen LogP contribution in [0.15, 0.2) is 60.7 Å². The zero-order valence-corrected chi connectivity index (χ0v) is 17.0. The van der Waals surface area contributed by atoms with Crippen molar-refractivity contribution in [2.75, 3.05) is 19.0 Å². The highest BCUT2D eigenvalue weighted by molar-refractivity contribution is 5.86. The summed E-state index contributed by atoms with van der Waals surface area (Å²) < 4.78 is 5.24. The number of nitrogens with zero attached hydrogens (tertiary/aromatic N) is 2. The monoisotopic (exact) mass is 397 g/mol. The highest BCUT2D eigenvalue weighted by Gasteiger charge is 2.10. The van der Waals surface area contributed by atoms with E-state index in [1.165, 1.54) is 0 Å².